The lowest BCUT2D eigenvalue weighted by Gasteiger charge is -2.08. The maximum Gasteiger partial charge on any atom is 0.305 e. The van der Waals surface area contributed by atoms with Crippen molar-refractivity contribution in [2.45, 2.75) is 46.1 Å². The standard InChI is InChI=1S/C13H16O3.C2H6/c1-9-3-5-12-10(7-9)8-11(16-12)4-6-13(14)15-2;1-2/h3,5,7,11H,4,6,8H2,1-2H3;1-2H3. The predicted octanol–water partition coefficient (Wildman–Crippen LogP) is 3.28. The largest absolute Gasteiger partial charge is 0.490 e. The van der Waals surface area contributed by atoms with Gasteiger partial charge in [-0.25, -0.2) is 0 Å². The molecule has 1 heterocycles. The minimum Gasteiger partial charge on any atom is -0.490 e. The highest BCUT2D eigenvalue weighted by Gasteiger charge is 2.23. The van der Waals surface area contributed by atoms with Crippen molar-refractivity contribution in [1.29, 1.82) is 0 Å². The highest BCUT2D eigenvalue weighted by molar-refractivity contribution is 5.69. The maximum atomic E-state index is 11.0. The van der Waals surface area contributed by atoms with Gasteiger partial charge in [-0.15, -0.1) is 0 Å². The van der Waals surface area contributed by atoms with Gasteiger partial charge in [0.25, 0.3) is 0 Å². The molecule has 1 atom stereocenters. The molecule has 0 saturated carbocycles. The summed E-state index contributed by atoms with van der Waals surface area (Å²) >= 11 is 0. The van der Waals surface area contributed by atoms with Crippen molar-refractivity contribution in [3.8, 4) is 5.75 Å². The minimum atomic E-state index is -0.171. The summed E-state index contributed by atoms with van der Waals surface area (Å²) in [6, 6.07) is 6.19. The zero-order chi connectivity index (χ0) is 13.5. The fourth-order valence-electron chi connectivity index (χ4n) is 1.99. The number of ether oxygens (including phenoxy) is 2. The fourth-order valence-corrected chi connectivity index (χ4v) is 1.99. The van der Waals surface area contributed by atoms with Gasteiger partial charge in [0.2, 0.25) is 0 Å². The summed E-state index contributed by atoms with van der Waals surface area (Å²) in [6.45, 7) is 6.07. The van der Waals surface area contributed by atoms with Gasteiger partial charge in [-0.1, -0.05) is 31.5 Å². The third-order valence-corrected chi connectivity index (χ3v) is 2.86. The molecule has 0 saturated heterocycles. The smallest absolute Gasteiger partial charge is 0.305 e. The highest BCUT2D eigenvalue weighted by Crippen LogP contribution is 2.31. The number of hydrogen-bond acceptors (Lipinski definition) is 3. The van der Waals surface area contributed by atoms with Crippen LogP contribution in [0.25, 0.3) is 0 Å². The molecule has 2 rings (SSSR count). The van der Waals surface area contributed by atoms with Gasteiger partial charge in [-0.2, -0.15) is 0 Å². The Labute approximate surface area is 109 Å². The van der Waals surface area contributed by atoms with Crippen molar-refractivity contribution < 1.29 is 14.3 Å². The molecular formula is C15H22O3. The Hall–Kier alpha value is -1.51. The lowest BCUT2D eigenvalue weighted by Crippen LogP contribution is -2.15. The molecule has 3 heteroatoms. The summed E-state index contributed by atoms with van der Waals surface area (Å²) in [5.74, 6) is 0.788. The molecule has 0 radical (unpaired) electrons. The number of aryl methyl sites for hydroxylation is 1. The molecule has 0 aromatic heterocycles. The number of hydrogen-bond donors (Lipinski definition) is 0. The molecular weight excluding hydrogens is 228 g/mol. The van der Waals surface area contributed by atoms with Crippen molar-refractivity contribution in [2.75, 3.05) is 7.11 Å². The van der Waals surface area contributed by atoms with Gasteiger partial charge < -0.3 is 9.47 Å². The lowest BCUT2D eigenvalue weighted by atomic mass is 10.0. The molecule has 0 N–H and O–H groups in total. The molecule has 0 fully saturated rings. The van der Waals surface area contributed by atoms with E-state index < -0.39 is 0 Å². The van der Waals surface area contributed by atoms with Gasteiger partial charge in [0.05, 0.1) is 7.11 Å². The molecule has 3 nitrogen and oxygen atoms in total. The Bertz CT molecular complexity index is 399. The second kappa shape index (κ2) is 7.04. The van der Waals surface area contributed by atoms with Gasteiger partial charge in [-0.3, -0.25) is 4.79 Å². The van der Waals surface area contributed by atoms with E-state index in [2.05, 4.69) is 17.7 Å². The fraction of sp³-hybridized carbons (Fsp3) is 0.533. The Kier molecular flexibility index (Phi) is 5.69. The maximum absolute atomic E-state index is 11.0. The molecule has 1 aliphatic rings. The van der Waals surface area contributed by atoms with E-state index in [1.807, 2.05) is 26.0 Å². The summed E-state index contributed by atoms with van der Waals surface area (Å²) in [5.41, 5.74) is 2.49. The number of rotatable bonds is 3. The zero-order valence-electron chi connectivity index (χ0n) is 11.7. The number of methoxy groups -OCH3 is 1. The van der Waals surface area contributed by atoms with Crippen molar-refractivity contribution in [2.24, 2.45) is 0 Å². The van der Waals surface area contributed by atoms with E-state index in [0.717, 1.165) is 18.6 Å². The summed E-state index contributed by atoms with van der Waals surface area (Å²) in [6.07, 6.45) is 2.17. The summed E-state index contributed by atoms with van der Waals surface area (Å²) < 4.78 is 10.4. The van der Waals surface area contributed by atoms with Crippen LogP contribution in [0.3, 0.4) is 0 Å². The predicted molar refractivity (Wildman–Crippen MR) is 71.9 cm³/mol. The van der Waals surface area contributed by atoms with Crippen LogP contribution in [-0.2, 0) is 16.0 Å². The number of carbonyl (C=O) groups is 1. The molecule has 0 aliphatic carbocycles. The van der Waals surface area contributed by atoms with Gasteiger partial charge in [0.1, 0.15) is 11.9 Å². The number of benzene rings is 1. The van der Waals surface area contributed by atoms with E-state index >= 15 is 0 Å². The second-order valence-corrected chi connectivity index (χ2v) is 4.17. The highest BCUT2D eigenvalue weighted by atomic mass is 16.5. The third-order valence-electron chi connectivity index (χ3n) is 2.86. The van der Waals surface area contributed by atoms with Crippen LogP contribution in [0.2, 0.25) is 0 Å². The first-order valence-corrected chi connectivity index (χ1v) is 6.52. The Morgan fingerprint density at radius 3 is 2.83 bits per heavy atom. The van der Waals surface area contributed by atoms with E-state index in [9.17, 15) is 4.79 Å². The van der Waals surface area contributed by atoms with E-state index in [0.29, 0.717) is 6.42 Å². The first-order valence-electron chi connectivity index (χ1n) is 6.52. The van der Waals surface area contributed by atoms with E-state index in [1.54, 1.807) is 0 Å². The molecule has 1 unspecified atom stereocenters. The number of fused-ring (bicyclic) bond motifs is 1. The van der Waals surface area contributed by atoms with Crippen LogP contribution in [0, 0.1) is 6.92 Å². The molecule has 0 amide bonds. The van der Waals surface area contributed by atoms with Crippen LogP contribution in [0.15, 0.2) is 18.2 Å². The zero-order valence-corrected chi connectivity index (χ0v) is 11.7. The molecule has 100 valence electrons. The number of carbonyl (C=O) groups excluding carboxylic acids is 1. The first kappa shape index (κ1) is 14.6. The average Bonchev–Trinajstić information content (AvgIpc) is 2.80. The number of esters is 1. The van der Waals surface area contributed by atoms with Crippen LogP contribution in [0.5, 0.6) is 5.75 Å². The van der Waals surface area contributed by atoms with Crippen molar-refractivity contribution in [3.05, 3.63) is 29.3 Å². The SMILES string of the molecule is CC.COC(=O)CCC1Cc2cc(C)ccc2O1. The van der Waals surface area contributed by atoms with Crippen LogP contribution in [0.1, 0.15) is 37.8 Å². The molecule has 1 aromatic carbocycles. The average molecular weight is 250 g/mol. The molecule has 1 aromatic rings. The monoisotopic (exact) mass is 250 g/mol. The quantitative estimate of drug-likeness (QED) is 0.772. The lowest BCUT2D eigenvalue weighted by molar-refractivity contribution is -0.141. The molecule has 0 bridgehead atoms. The van der Waals surface area contributed by atoms with Crippen LogP contribution < -0.4 is 4.74 Å². The normalized spacial score (nSPS) is 16.1. The van der Waals surface area contributed by atoms with Gasteiger partial charge in [-0.05, 0) is 25.0 Å². The second-order valence-electron chi connectivity index (χ2n) is 4.17. The van der Waals surface area contributed by atoms with E-state index in [1.165, 1.54) is 18.2 Å². The topological polar surface area (TPSA) is 35.5 Å². The van der Waals surface area contributed by atoms with Gasteiger partial charge in [0.15, 0.2) is 0 Å². The Morgan fingerprint density at radius 1 is 1.44 bits per heavy atom. The van der Waals surface area contributed by atoms with Gasteiger partial charge in [0, 0.05) is 12.8 Å². The van der Waals surface area contributed by atoms with Crippen molar-refractivity contribution in [1.82, 2.24) is 0 Å². The Morgan fingerprint density at radius 2 is 2.17 bits per heavy atom. The van der Waals surface area contributed by atoms with Crippen LogP contribution in [0.4, 0.5) is 0 Å². The summed E-state index contributed by atoms with van der Waals surface area (Å²) in [4.78, 5) is 11.0. The minimum absolute atomic E-state index is 0.121. The summed E-state index contributed by atoms with van der Waals surface area (Å²) in [5, 5.41) is 0. The van der Waals surface area contributed by atoms with Crippen LogP contribution in [-0.4, -0.2) is 19.2 Å². The molecule has 0 spiro atoms. The first-order chi connectivity index (χ1) is 8.69. The van der Waals surface area contributed by atoms with Crippen molar-refractivity contribution >= 4 is 5.97 Å². The molecule has 18 heavy (non-hydrogen) atoms. The van der Waals surface area contributed by atoms with Crippen molar-refractivity contribution in [3.63, 3.8) is 0 Å². The van der Waals surface area contributed by atoms with Crippen LogP contribution >= 0.6 is 0 Å². The van der Waals surface area contributed by atoms with Gasteiger partial charge >= 0.3 is 5.97 Å². The van der Waals surface area contributed by atoms with E-state index in [-0.39, 0.29) is 12.1 Å². The molecule has 1 aliphatic heterocycles. The Balaban J connectivity index is 0.000000771. The third kappa shape index (κ3) is 3.76. The van der Waals surface area contributed by atoms with E-state index in [4.69, 9.17) is 4.74 Å². The summed E-state index contributed by atoms with van der Waals surface area (Å²) in [7, 11) is 1.41.